The third kappa shape index (κ3) is 4.84. The molecular weight excluding hydrogens is 304 g/mol. The van der Waals surface area contributed by atoms with Crippen molar-refractivity contribution in [2.75, 3.05) is 17.2 Å². The van der Waals surface area contributed by atoms with E-state index in [4.69, 9.17) is 4.74 Å². The molecule has 0 saturated heterocycles. The lowest BCUT2D eigenvalue weighted by molar-refractivity contribution is -0.123. The lowest BCUT2D eigenvalue weighted by Crippen LogP contribution is -2.22. The molecule has 0 fully saturated rings. The molecule has 0 bridgehead atoms. The van der Waals surface area contributed by atoms with Gasteiger partial charge in [-0.05, 0) is 50.1 Å². The number of rotatable bonds is 6. The molecule has 0 aliphatic rings. The molecule has 0 aliphatic carbocycles. The first-order valence-corrected chi connectivity index (χ1v) is 7.88. The van der Waals surface area contributed by atoms with Crippen LogP contribution in [0.25, 0.3) is 0 Å². The average molecular weight is 326 g/mol. The van der Waals surface area contributed by atoms with E-state index >= 15 is 0 Å². The van der Waals surface area contributed by atoms with Crippen molar-refractivity contribution in [3.05, 3.63) is 53.6 Å². The summed E-state index contributed by atoms with van der Waals surface area (Å²) in [7, 11) is 0. The molecule has 2 aromatic rings. The first-order valence-electron chi connectivity index (χ1n) is 7.88. The van der Waals surface area contributed by atoms with Crippen molar-refractivity contribution in [1.29, 1.82) is 0 Å². The smallest absolute Gasteiger partial charge is 0.233 e. The fourth-order valence-electron chi connectivity index (χ4n) is 2.26. The van der Waals surface area contributed by atoms with E-state index in [0.717, 1.165) is 16.8 Å². The highest BCUT2D eigenvalue weighted by Gasteiger charge is 2.13. The Balaban J connectivity index is 1.97. The minimum absolute atomic E-state index is 0.256. The van der Waals surface area contributed by atoms with Gasteiger partial charge in [0.25, 0.3) is 0 Å². The van der Waals surface area contributed by atoms with Gasteiger partial charge in [0.05, 0.1) is 12.3 Å². The molecule has 0 aliphatic heterocycles. The molecule has 0 atom stereocenters. The number of carbonyl (C=O) groups is 2. The van der Waals surface area contributed by atoms with Crippen LogP contribution in [-0.2, 0) is 9.59 Å². The number of benzene rings is 2. The quantitative estimate of drug-likeness (QED) is 0.796. The molecule has 2 aromatic carbocycles. The highest BCUT2D eigenvalue weighted by Crippen LogP contribution is 2.24. The Bertz CT molecular complexity index is 741. The van der Waals surface area contributed by atoms with Crippen LogP contribution in [-0.4, -0.2) is 18.4 Å². The second kappa shape index (κ2) is 8.15. The van der Waals surface area contributed by atoms with E-state index < -0.39 is 0 Å². The molecule has 2 N–H and O–H groups in total. The van der Waals surface area contributed by atoms with Crippen LogP contribution < -0.4 is 15.4 Å². The standard InChI is InChI=1S/C19H22N2O3/c1-4-24-17-8-6-5-7-15(17)20-18(22)12-19(23)21-16-11-13(2)9-10-14(16)3/h5-11H,4,12H2,1-3H3,(H,20,22)(H,21,23). The topological polar surface area (TPSA) is 67.4 Å². The van der Waals surface area contributed by atoms with Crippen LogP contribution in [0.3, 0.4) is 0 Å². The summed E-state index contributed by atoms with van der Waals surface area (Å²) in [6.45, 7) is 6.23. The number of aryl methyl sites for hydroxylation is 2. The van der Waals surface area contributed by atoms with Crippen LogP contribution in [0, 0.1) is 13.8 Å². The van der Waals surface area contributed by atoms with Crippen molar-refractivity contribution in [1.82, 2.24) is 0 Å². The molecule has 0 aromatic heterocycles. The molecule has 5 heteroatoms. The Morgan fingerprint density at radius 3 is 2.33 bits per heavy atom. The third-order valence-electron chi connectivity index (χ3n) is 3.45. The Kier molecular flexibility index (Phi) is 5.95. The highest BCUT2D eigenvalue weighted by atomic mass is 16.5. The summed E-state index contributed by atoms with van der Waals surface area (Å²) in [5.41, 5.74) is 3.29. The third-order valence-corrected chi connectivity index (χ3v) is 3.45. The van der Waals surface area contributed by atoms with Crippen molar-refractivity contribution >= 4 is 23.2 Å². The van der Waals surface area contributed by atoms with Gasteiger partial charge in [-0.1, -0.05) is 24.3 Å². The van der Waals surface area contributed by atoms with Crippen LogP contribution >= 0.6 is 0 Å². The van der Waals surface area contributed by atoms with E-state index in [1.165, 1.54) is 0 Å². The largest absolute Gasteiger partial charge is 0.492 e. The van der Waals surface area contributed by atoms with Gasteiger partial charge in [-0.15, -0.1) is 0 Å². The van der Waals surface area contributed by atoms with Gasteiger partial charge in [-0.2, -0.15) is 0 Å². The molecule has 0 radical (unpaired) electrons. The fourth-order valence-corrected chi connectivity index (χ4v) is 2.26. The first-order chi connectivity index (χ1) is 11.5. The number of anilines is 2. The normalized spacial score (nSPS) is 10.1. The van der Waals surface area contributed by atoms with Crippen molar-refractivity contribution < 1.29 is 14.3 Å². The Morgan fingerprint density at radius 1 is 0.958 bits per heavy atom. The van der Waals surface area contributed by atoms with Gasteiger partial charge in [0.2, 0.25) is 11.8 Å². The van der Waals surface area contributed by atoms with E-state index in [2.05, 4.69) is 10.6 Å². The van der Waals surface area contributed by atoms with Crippen molar-refractivity contribution in [3.8, 4) is 5.75 Å². The highest BCUT2D eigenvalue weighted by molar-refractivity contribution is 6.08. The lowest BCUT2D eigenvalue weighted by Gasteiger charge is -2.12. The van der Waals surface area contributed by atoms with Crippen molar-refractivity contribution in [2.24, 2.45) is 0 Å². The molecular formula is C19H22N2O3. The lowest BCUT2D eigenvalue weighted by atomic mass is 10.1. The first kappa shape index (κ1) is 17.5. The number of hydrogen-bond acceptors (Lipinski definition) is 3. The predicted octanol–water partition coefficient (Wildman–Crippen LogP) is 3.67. The molecule has 0 spiro atoms. The SMILES string of the molecule is CCOc1ccccc1NC(=O)CC(=O)Nc1cc(C)ccc1C. The second-order valence-corrected chi connectivity index (χ2v) is 5.52. The number of nitrogens with one attached hydrogen (secondary N) is 2. The summed E-state index contributed by atoms with van der Waals surface area (Å²) in [5, 5.41) is 5.49. The zero-order valence-corrected chi connectivity index (χ0v) is 14.2. The summed E-state index contributed by atoms with van der Waals surface area (Å²) in [6.07, 6.45) is -0.256. The molecule has 0 heterocycles. The minimum Gasteiger partial charge on any atom is -0.492 e. The summed E-state index contributed by atoms with van der Waals surface area (Å²) in [4.78, 5) is 24.2. The van der Waals surface area contributed by atoms with Gasteiger partial charge in [-0.25, -0.2) is 0 Å². The van der Waals surface area contributed by atoms with Gasteiger partial charge < -0.3 is 15.4 Å². The molecule has 2 rings (SSSR count). The second-order valence-electron chi connectivity index (χ2n) is 5.52. The predicted molar refractivity (Wildman–Crippen MR) is 95.4 cm³/mol. The monoisotopic (exact) mass is 326 g/mol. The molecule has 2 amide bonds. The Morgan fingerprint density at radius 2 is 1.62 bits per heavy atom. The van der Waals surface area contributed by atoms with Gasteiger partial charge in [0.15, 0.2) is 0 Å². The maximum atomic E-state index is 12.1. The summed E-state index contributed by atoms with van der Waals surface area (Å²) in [6, 6.07) is 12.9. The number of carbonyl (C=O) groups excluding carboxylic acids is 2. The zero-order chi connectivity index (χ0) is 17.5. The van der Waals surface area contributed by atoms with E-state index in [1.807, 2.05) is 45.0 Å². The number of hydrogen-bond donors (Lipinski definition) is 2. The van der Waals surface area contributed by atoms with Crippen LogP contribution in [0.15, 0.2) is 42.5 Å². The van der Waals surface area contributed by atoms with E-state index in [-0.39, 0.29) is 18.2 Å². The zero-order valence-electron chi connectivity index (χ0n) is 14.2. The molecule has 126 valence electrons. The van der Waals surface area contributed by atoms with Crippen LogP contribution in [0.5, 0.6) is 5.75 Å². The van der Waals surface area contributed by atoms with E-state index in [1.54, 1.807) is 18.2 Å². The van der Waals surface area contributed by atoms with Crippen molar-refractivity contribution in [3.63, 3.8) is 0 Å². The van der Waals surface area contributed by atoms with Crippen LogP contribution in [0.2, 0.25) is 0 Å². The van der Waals surface area contributed by atoms with Gasteiger partial charge in [0, 0.05) is 5.69 Å². The molecule has 0 saturated carbocycles. The minimum atomic E-state index is -0.384. The maximum absolute atomic E-state index is 12.1. The number of amides is 2. The maximum Gasteiger partial charge on any atom is 0.233 e. The van der Waals surface area contributed by atoms with Gasteiger partial charge >= 0.3 is 0 Å². The Hall–Kier alpha value is -2.82. The van der Waals surface area contributed by atoms with E-state index in [0.29, 0.717) is 18.0 Å². The molecule has 24 heavy (non-hydrogen) atoms. The summed E-state index contributed by atoms with van der Waals surface area (Å²) < 4.78 is 5.45. The fraction of sp³-hybridized carbons (Fsp3) is 0.263. The Labute approximate surface area is 142 Å². The van der Waals surface area contributed by atoms with Crippen LogP contribution in [0.1, 0.15) is 24.5 Å². The molecule has 5 nitrogen and oxygen atoms in total. The van der Waals surface area contributed by atoms with Gasteiger partial charge in [0.1, 0.15) is 12.2 Å². The summed E-state index contributed by atoms with van der Waals surface area (Å²) in [5.74, 6) is -0.150. The van der Waals surface area contributed by atoms with Crippen LogP contribution in [0.4, 0.5) is 11.4 Å². The van der Waals surface area contributed by atoms with E-state index in [9.17, 15) is 9.59 Å². The number of ether oxygens (including phenoxy) is 1. The summed E-state index contributed by atoms with van der Waals surface area (Å²) >= 11 is 0. The van der Waals surface area contributed by atoms with Crippen molar-refractivity contribution in [2.45, 2.75) is 27.2 Å². The van der Waals surface area contributed by atoms with Gasteiger partial charge in [-0.3, -0.25) is 9.59 Å². The molecule has 0 unspecified atom stereocenters. The number of para-hydroxylation sites is 2. The average Bonchev–Trinajstić information content (AvgIpc) is 2.53.